The lowest BCUT2D eigenvalue weighted by Crippen LogP contribution is -2.23. The Morgan fingerprint density at radius 3 is 2.74 bits per heavy atom. The molecular weight excluding hydrogens is 401 g/mol. The molecule has 0 radical (unpaired) electrons. The molecule has 0 aliphatic carbocycles. The predicted molar refractivity (Wildman–Crippen MR) is 113 cm³/mol. The molecule has 0 saturated heterocycles. The average molecular weight is 421 g/mol. The van der Waals surface area contributed by atoms with Crippen LogP contribution in [0.4, 0.5) is 10.1 Å². The van der Waals surface area contributed by atoms with Crippen LogP contribution >= 0.6 is 0 Å². The maximum atomic E-state index is 13.8. The molecule has 0 aliphatic rings. The summed E-state index contributed by atoms with van der Waals surface area (Å²) in [7, 11) is 0. The summed E-state index contributed by atoms with van der Waals surface area (Å²) in [6.07, 6.45) is 1.57. The summed E-state index contributed by atoms with van der Waals surface area (Å²) in [5, 5.41) is 2.64. The van der Waals surface area contributed by atoms with Crippen molar-refractivity contribution in [3.05, 3.63) is 88.4 Å². The molecule has 2 aromatic heterocycles. The summed E-state index contributed by atoms with van der Waals surface area (Å²) < 4.78 is 22.6. The van der Waals surface area contributed by atoms with E-state index in [0.29, 0.717) is 22.9 Å². The van der Waals surface area contributed by atoms with Crippen molar-refractivity contribution >= 4 is 17.4 Å². The predicted octanol–water partition coefficient (Wildman–Crippen LogP) is 3.44. The number of hydrogen-bond donors (Lipinski definition) is 1. The van der Waals surface area contributed by atoms with E-state index >= 15 is 0 Å². The van der Waals surface area contributed by atoms with Crippen LogP contribution in [-0.4, -0.2) is 25.1 Å². The minimum atomic E-state index is -0.597. The second kappa shape index (κ2) is 8.39. The second-order valence-electron chi connectivity index (χ2n) is 7.17. The average Bonchev–Trinajstić information content (AvgIpc) is 3.18. The molecule has 9 heteroatoms. The van der Waals surface area contributed by atoms with Crippen molar-refractivity contribution < 1.29 is 13.9 Å². The van der Waals surface area contributed by atoms with E-state index in [-0.39, 0.29) is 23.8 Å². The van der Waals surface area contributed by atoms with Crippen LogP contribution in [0.5, 0.6) is 5.75 Å². The number of nitrogens with one attached hydrogen (secondary N) is 1. The van der Waals surface area contributed by atoms with Gasteiger partial charge in [0.25, 0.3) is 17.2 Å². The summed E-state index contributed by atoms with van der Waals surface area (Å²) >= 11 is 0. The van der Waals surface area contributed by atoms with Gasteiger partial charge in [-0.25, -0.2) is 9.37 Å². The molecule has 1 N–H and O–H groups in total. The van der Waals surface area contributed by atoms with Crippen molar-refractivity contribution in [3.8, 4) is 5.75 Å². The van der Waals surface area contributed by atoms with Gasteiger partial charge in [-0.2, -0.15) is 9.50 Å². The molecule has 31 heavy (non-hydrogen) atoms. The fourth-order valence-electron chi connectivity index (χ4n) is 3.08. The zero-order valence-electron chi connectivity index (χ0n) is 16.9. The van der Waals surface area contributed by atoms with E-state index in [1.165, 1.54) is 28.8 Å². The van der Waals surface area contributed by atoms with Crippen LogP contribution in [0, 0.1) is 5.82 Å². The SMILES string of the molecule is CC(C)n1cnc2nc(COc3cccc(NC(=O)c4ccccc4F)c3)cc(=O)n21. The van der Waals surface area contributed by atoms with Gasteiger partial charge in [-0.05, 0) is 38.1 Å². The molecule has 0 spiro atoms. The number of fused-ring (bicyclic) bond motifs is 1. The van der Waals surface area contributed by atoms with Gasteiger partial charge in [-0.1, -0.05) is 18.2 Å². The zero-order chi connectivity index (χ0) is 22.0. The molecule has 4 aromatic rings. The number of carbonyl (C=O) groups excluding carboxylic acids is 1. The lowest BCUT2D eigenvalue weighted by molar-refractivity contribution is 0.102. The van der Waals surface area contributed by atoms with Crippen molar-refractivity contribution in [2.24, 2.45) is 0 Å². The van der Waals surface area contributed by atoms with Crippen molar-refractivity contribution in [3.63, 3.8) is 0 Å². The van der Waals surface area contributed by atoms with Crippen LogP contribution in [0.2, 0.25) is 0 Å². The molecule has 2 aromatic carbocycles. The van der Waals surface area contributed by atoms with Gasteiger partial charge in [0.05, 0.1) is 11.3 Å². The quantitative estimate of drug-likeness (QED) is 0.515. The van der Waals surface area contributed by atoms with Crippen molar-refractivity contribution in [2.45, 2.75) is 26.5 Å². The molecule has 0 unspecified atom stereocenters. The van der Waals surface area contributed by atoms with E-state index in [0.717, 1.165) is 0 Å². The van der Waals surface area contributed by atoms with Crippen LogP contribution in [-0.2, 0) is 6.61 Å². The van der Waals surface area contributed by atoms with Gasteiger partial charge in [-0.15, -0.1) is 0 Å². The summed E-state index contributed by atoms with van der Waals surface area (Å²) in [6.45, 7) is 3.94. The molecule has 0 atom stereocenters. The Hall–Kier alpha value is -4.01. The molecule has 158 valence electrons. The Labute approximate surface area is 176 Å². The Kier molecular flexibility index (Phi) is 5.48. The van der Waals surface area contributed by atoms with Crippen LogP contribution in [0.25, 0.3) is 5.78 Å². The molecule has 2 heterocycles. The summed E-state index contributed by atoms with van der Waals surface area (Å²) in [6, 6.07) is 13.9. The zero-order valence-corrected chi connectivity index (χ0v) is 16.9. The molecule has 8 nitrogen and oxygen atoms in total. The number of aromatic nitrogens is 4. The lowest BCUT2D eigenvalue weighted by Gasteiger charge is -2.10. The van der Waals surface area contributed by atoms with Gasteiger partial charge in [0.2, 0.25) is 0 Å². The smallest absolute Gasteiger partial charge is 0.274 e. The van der Waals surface area contributed by atoms with Gasteiger partial charge in [0.1, 0.15) is 24.5 Å². The van der Waals surface area contributed by atoms with E-state index in [1.807, 2.05) is 13.8 Å². The van der Waals surface area contributed by atoms with Gasteiger partial charge in [0.15, 0.2) is 0 Å². The molecule has 0 fully saturated rings. The monoisotopic (exact) mass is 421 g/mol. The number of carbonyl (C=O) groups is 1. The normalized spacial score (nSPS) is 11.1. The molecule has 0 saturated carbocycles. The van der Waals surface area contributed by atoms with Crippen molar-refractivity contribution in [1.82, 2.24) is 19.2 Å². The van der Waals surface area contributed by atoms with Crippen molar-refractivity contribution in [1.29, 1.82) is 0 Å². The van der Waals surface area contributed by atoms with Crippen LogP contribution < -0.4 is 15.6 Å². The van der Waals surface area contributed by atoms with E-state index in [2.05, 4.69) is 15.3 Å². The number of ether oxygens (including phenoxy) is 1. The maximum Gasteiger partial charge on any atom is 0.274 e. The minimum Gasteiger partial charge on any atom is -0.487 e. The highest BCUT2D eigenvalue weighted by atomic mass is 19.1. The number of halogens is 1. The lowest BCUT2D eigenvalue weighted by atomic mass is 10.2. The maximum absolute atomic E-state index is 13.8. The van der Waals surface area contributed by atoms with Crippen LogP contribution in [0.3, 0.4) is 0 Å². The highest BCUT2D eigenvalue weighted by Gasteiger charge is 2.12. The standard InChI is InChI=1S/C22H20FN5O3/c1-14(2)27-13-24-22-26-16(11-20(29)28(22)27)12-31-17-7-5-6-15(10-17)25-21(30)18-8-3-4-9-19(18)23/h3-11,13-14H,12H2,1-2H3,(H,25,30). The van der Waals surface area contributed by atoms with Gasteiger partial charge < -0.3 is 10.1 Å². The molecule has 1 amide bonds. The number of benzene rings is 2. The van der Waals surface area contributed by atoms with Crippen LogP contribution in [0.15, 0.2) is 65.7 Å². The van der Waals surface area contributed by atoms with E-state index in [1.54, 1.807) is 41.3 Å². The fraction of sp³-hybridized carbons (Fsp3) is 0.182. The number of nitrogens with zero attached hydrogens (tertiary/aromatic N) is 4. The number of rotatable bonds is 6. The highest BCUT2D eigenvalue weighted by Crippen LogP contribution is 2.19. The second-order valence-corrected chi connectivity index (χ2v) is 7.17. The number of hydrogen-bond acceptors (Lipinski definition) is 5. The van der Waals surface area contributed by atoms with Gasteiger partial charge in [0, 0.05) is 23.9 Å². The third-order valence-corrected chi connectivity index (χ3v) is 4.58. The molecular formula is C22H20FN5O3. The third kappa shape index (κ3) is 4.30. The fourth-order valence-corrected chi connectivity index (χ4v) is 3.08. The molecule has 0 bridgehead atoms. The van der Waals surface area contributed by atoms with Gasteiger partial charge >= 0.3 is 0 Å². The first kappa shape index (κ1) is 20.3. The first-order valence-corrected chi connectivity index (χ1v) is 9.67. The highest BCUT2D eigenvalue weighted by molar-refractivity contribution is 6.04. The Bertz CT molecular complexity index is 1310. The minimum absolute atomic E-state index is 0.0466. The first-order valence-electron chi connectivity index (χ1n) is 9.67. The summed E-state index contributed by atoms with van der Waals surface area (Å²) in [5.74, 6) is -0.400. The number of anilines is 1. The van der Waals surface area contributed by atoms with Crippen LogP contribution in [0.1, 0.15) is 35.9 Å². The molecule has 0 aliphatic heterocycles. The summed E-state index contributed by atoms with van der Waals surface area (Å²) in [4.78, 5) is 33.3. The van der Waals surface area contributed by atoms with Crippen molar-refractivity contribution in [2.75, 3.05) is 5.32 Å². The topological polar surface area (TPSA) is 90.5 Å². The van der Waals surface area contributed by atoms with E-state index in [4.69, 9.17) is 4.74 Å². The Morgan fingerprint density at radius 2 is 1.97 bits per heavy atom. The van der Waals surface area contributed by atoms with E-state index in [9.17, 15) is 14.0 Å². The first-order chi connectivity index (χ1) is 14.9. The van der Waals surface area contributed by atoms with Gasteiger partial charge in [-0.3, -0.25) is 14.3 Å². The Balaban J connectivity index is 1.48. The van der Waals surface area contributed by atoms with E-state index < -0.39 is 11.7 Å². The molecule has 4 rings (SSSR count). The Morgan fingerprint density at radius 1 is 1.16 bits per heavy atom. The number of amides is 1. The summed E-state index contributed by atoms with van der Waals surface area (Å²) in [5.41, 5.74) is 0.582. The largest absolute Gasteiger partial charge is 0.487 e. The third-order valence-electron chi connectivity index (χ3n) is 4.58.